The Labute approximate surface area is 145 Å². The van der Waals surface area contributed by atoms with Crippen molar-refractivity contribution in [1.82, 2.24) is 4.90 Å². The number of para-hydroxylation sites is 1. The fourth-order valence-corrected chi connectivity index (χ4v) is 2.77. The van der Waals surface area contributed by atoms with Gasteiger partial charge in [-0.25, -0.2) is 4.39 Å². The van der Waals surface area contributed by atoms with Crippen LogP contribution in [0, 0.1) is 5.82 Å². The maximum atomic E-state index is 13.6. The minimum atomic E-state index is -0.794. The molecule has 5 nitrogen and oxygen atoms in total. The van der Waals surface area contributed by atoms with E-state index in [-0.39, 0.29) is 18.3 Å². The summed E-state index contributed by atoms with van der Waals surface area (Å²) in [5.74, 6) is -0.467. The molecule has 1 unspecified atom stereocenters. The van der Waals surface area contributed by atoms with Gasteiger partial charge in [0.15, 0.2) is 11.6 Å². The Morgan fingerprint density at radius 1 is 1.24 bits per heavy atom. The summed E-state index contributed by atoms with van der Waals surface area (Å²) >= 11 is 0. The van der Waals surface area contributed by atoms with Gasteiger partial charge in [0, 0.05) is 19.6 Å². The zero-order chi connectivity index (χ0) is 17.6. The molecule has 1 aliphatic rings. The number of ether oxygens (including phenoxy) is 2. The van der Waals surface area contributed by atoms with Gasteiger partial charge in [-0.2, -0.15) is 0 Å². The van der Waals surface area contributed by atoms with E-state index in [2.05, 4.69) is 4.90 Å². The van der Waals surface area contributed by atoms with Gasteiger partial charge in [-0.1, -0.05) is 24.3 Å². The van der Waals surface area contributed by atoms with Crippen molar-refractivity contribution in [2.45, 2.75) is 12.5 Å². The van der Waals surface area contributed by atoms with Gasteiger partial charge in [0.2, 0.25) is 0 Å². The normalized spacial score (nSPS) is 18.0. The number of hydrogen-bond acceptors (Lipinski definition) is 4. The Kier molecular flexibility index (Phi) is 5.63. The molecular formula is C19H20FNO4. The number of morpholine rings is 1. The third-order valence-corrected chi connectivity index (χ3v) is 4.11. The second-order valence-corrected chi connectivity index (χ2v) is 5.91. The van der Waals surface area contributed by atoms with Gasteiger partial charge in [-0.05, 0) is 29.8 Å². The van der Waals surface area contributed by atoms with Crippen molar-refractivity contribution >= 4 is 5.97 Å². The highest BCUT2D eigenvalue weighted by molar-refractivity contribution is 5.66. The molecule has 0 saturated carbocycles. The fraction of sp³-hybridized carbons (Fsp3) is 0.316. The topological polar surface area (TPSA) is 59.0 Å². The summed E-state index contributed by atoms with van der Waals surface area (Å²) in [6, 6.07) is 13.6. The molecule has 0 aliphatic carbocycles. The Balaban J connectivity index is 1.61. The molecule has 6 heteroatoms. The molecule has 1 heterocycles. The van der Waals surface area contributed by atoms with Gasteiger partial charge in [-0.3, -0.25) is 9.69 Å². The molecule has 1 saturated heterocycles. The van der Waals surface area contributed by atoms with Crippen LogP contribution in [0.2, 0.25) is 0 Å². The molecule has 0 radical (unpaired) electrons. The zero-order valence-corrected chi connectivity index (χ0v) is 13.7. The van der Waals surface area contributed by atoms with Crippen molar-refractivity contribution in [3.8, 4) is 11.5 Å². The first kappa shape index (κ1) is 17.4. The molecule has 0 amide bonds. The summed E-state index contributed by atoms with van der Waals surface area (Å²) in [5.41, 5.74) is 0.987. The highest BCUT2D eigenvalue weighted by Crippen LogP contribution is 2.27. The van der Waals surface area contributed by atoms with Crippen molar-refractivity contribution in [3.05, 3.63) is 59.9 Å². The highest BCUT2D eigenvalue weighted by Gasteiger charge is 2.22. The predicted octanol–water partition coefficient (Wildman–Crippen LogP) is 3.47. The molecule has 0 aromatic heterocycles. The molecule has 2 aromatic rings. The van der Waals surface area contributed by atoms with E-state index in [1.54, 1.807) is 30.3 Å². The second-order valence-electron chi connectivity index (χ2n) is 5.91. The van der Waals surface area contributed by atoms with Crippen LogP contribution in [-0.2, 0) is 9.53 Å². The van der Waals surface area contributed by atoms with E-state index in [4.69, 9.17) is 14.6 Å². The summed E-state index contributed by atoms with van der Waals surface area (Å²) in [7, 11) is 0. The SMILES string of the molecule is O=C(O)CCN1CCOC(c2ccc(Oc3ccccc3F)cc2)C1. The van der Waals surface area contributed by atoms with Crippen LogP contribution in [0.25, 0.3) is 0 Å². The quantitative estimate of drug-likeness (QED) is 0.869. The molecule has 25 heavy (non-hydrogen) atoms. The number of carboxylic acid groups (broad SMARTS) is 1. The summed E-state index contributed by atoms with van der Waals surface area (Å²) < 4.78 is 25.0. The minimum Gasteiger partial charge on any atom is -0.481 e. The van der Waals surface area contributed by atoms with E-state index in [1.165, 1.54) is 6.07 Å². The Bertz CT molecular complexity index is 720. The van der Waals surface area contributed by atoms with Crippen LogP contribution in [-0.4, -0.2) is 42.2 Å². The molecule has 2 aromatic carbocycles. The van der Waals surface area contributed by atoms with Crippen molar-refractivity contribution in [1.29, 1.82) is 0 Å². The minimum absolute atomic E-state index is 0.106. The van der Waals surface area contributed by atoms with Crippen molar-refractivity contribution < 1.29 is 23.8 Å². The van der Waals surface area contributed by atoms with Gasteiger partial charge in [0.25, 0.3) is 0 Å². The third-order valence-electron chi connectivity index (χ3n) is 4.11. The Hall–Kier alpha value is -2.44. The van der Waals surface area contributed by atoms with Gasteiger partial charge < -0.3 is 14.6 Å². The number of benzene rings is 2. The number of rotatable bonds is 6. The molecule has 0 bridgehead atoms. The number of nitrogens with zero attached hydrogens (tertiary/aromatic N) is 1. The van der Waals surface area contributed by atoms with Gasteiger partial charge >= 0.3 is 5.97 Å². The van der Waals surface area contributed by atoms with E-state index < -0.39 is 11.8 Å². The van der Waals surface area contributed by atoms with E-state index >= 15 is 0 Å². The number of carbonyl (C=O) groups is 1. The van der Waals surface area contributed by atoms with Crippen molar-refractivity contribution in [3.63, 3.8) is 0 Å². The van der Waals surface area contributed by atoms with Gasteiger partial charge in [-0.15, -0.1) is 0 Å². The van der Waals surface area contributed by atoms with Crippen LogP contribution >= 0.6 is 0 Å². The predicted molar refractivity (Wildman–Crippen MR) is 90.3 cm³/mol. The summed E-state index contributed by atoms with van der Waals surface area (Å²) in [6.45, 7) is 2.47. The first-order chi connectivity index (χ1) is 12.1. The Morgan fingerprint density at radius 3 is 2.72 bits per heavy atom. The molecular weight excluding hydrogens is 325 g/mol. The Morgan fingerprint density at radius 2 is 2.00 bits per heavy atom. The smallest absolute Gasteiger partial charge is 0.304 e. The van der Waals surface area contributed by atoms with E-state index in [0.29, 0.717) is 25.4 Å². The summed E-state index contributed by atoms with van der Waals surface area (Å²) in [5, 5.41) is 8.80. The van der Waals surface area contributed by atoms with Crippen LogP contribution in [0.1, 0.15) is 18.1 Å². The van der Waals surface area contributed by atoms with E-state index in [1.807, 2.05) is 12.1 Å². The summed E-state index contributed by atoms with van der Waals surface area (Å²) in [4.78, 5) is 12.8. The molecule has 1 fully saturated rings. The monoisotopic (exact) mass is 345 g/mol. The lowest BCUT2D eigenvalue weighted by Crippen LogP contribution is -2.39. The maximum absolute atomic E-state index is 13.6. The van der Waals surface area contributed by atoms with Gasteiger partial charge in [0.05, 0.1) is 19.1 Å². The molecule has 0 spiro atoms. The molecule has 132 valence electrons. The van der Waals surface area contributed by atoms with E-state index in [9.17, 15) is 9.18 Å². The number of hydrogen-bond donors (Lipinski definition) is 1. The molecule has 1 atom stereocenters. The van der Waals surface area contributed by atoms with Crippen LogP contribution in [0.4, 0.5) is 4.39 Å². The lowest BCUT2D eigenvalue weighted by atomic mass is 10.1. The van der Waals surface area contributed by atoms with E-state index in [0.717, 1.165) is 12.1 Å². The first-order valence-corrected chi connectivity index (χ1v) is 8.20. The maximum Gasteiger partial charge on any atom is 0.304 e. The molecule has 3 rings (SSSR count). The number of halogens is 1. The van der Waals surface area contributed by atoms with Crippen molar-refractivity contribution in [2.24, 2.45) is 0 Å². The average molecular weight is 345 g/mol. The first-order valence-electron chi connectivity index (χ1n) is 8.20. The largest absolute Gasteiger partial charge is 0.481 e. The van der Waals surface area contributed by atoms with Crippen LogP contribution in [0.15, 0.2) is 48.5 Å². The molecule has 1 aliphatic heterocycles. The zero-order valence-electron chi connectivity index (χ0n) is 13.7. The lowest BCUT2D eigenvalue weighted by molar-refractivity contribution is -0.137. The average Bonchev–Trinajstić information content (AvgIpc) is 2.63. The standard InChI is InChI=1S/C19H20FNO4/c20-16-3-1-2-4-17(16)25-15-7-5-14(6-8-15)18-13-21(11-12-24-18)10-9-19(22)23/h1-8,18H,9-13H2,(H,22,23). The lowest BCUT2D eigenvalue weighted by Gasteiger charge is -2.32. The fourth-order valence-electron chi connectivity index (χ4n) is 2.77. The number of aliphatic carboxylic acids is 1. The summed E-state index contributed by atoms with van der Waals surface area (Å²) in [6.07, 6.45) is 0.0207. The highest BCUT2D eigenvalue weighted by atomic mass is 19.1. The van der Waals surface area contributed by atoms with Gasteiger partial charge in [0.1, 0.15) is 5.75 Å². The van der Waals surface area contributed by atoms with Crippen LogP contribution < -0.4 is 4.74 Å². The third kappa shape index (κ3) is 4.78. The second kappa shape index (κ2) is 8.09. The molecule has 1 N–H and O–H groups in total. The van der Waals surface area contributed by atoms with Crippen LogP contribution in [0.3, 0.4) is 0 Å². The van der Waals surface area contributed by atoms with Crippen molar-refractivity contribution in [2.75, 3.05) is 26.2 Å². The van der Waals surface area contributed by atoms with Crippen LogP contribution in [0.5, 0.6) is 11.5 Å². The number of carboxylic acids is 1.